The minimum atomic E-state index is -3.52. The van der Waals surface area contributed by atoms with Gasteiger partial charge in [-0.3, -0.25) is 9.71 Å². The van der Waals surface area contributed by atoms with Crippen LogP contribution in [0.4, 0.5) is 5.13 Å². The third-order valence-electron chi connectivity index (χ3n) is 1.95. The Labute approximate surface area is 108 Å². The molecule has 0 amide bonds. The van der Waals surface area contributed by atoms with E-state index in [0.29, 0.717) is 5.13 Å². The van der Waals surface area contributed by atoms with Gasteiger partial charge in [-0.25, -0.2) is 13.4 Å². The van der Waals surface area contributed by atoms with Crippen molar-refractivity contribution in [2.75, 3.05) is 4.72 Å². The first-order valence-electron chi connectivity index (χ1n) is 4.98. The van der Waals surface area contributed by atoms with E-state index in [0.717, 1.165) is 29.1 Å². The normalized spacial score (nSPS) is 11.6. The molecule has 0 atom stereocenters. The molecule has 0 unspecified atom stereocenters. The van der Waals surface area contributed by atoms with Crippen LogP contribution >= 0.6 is 22.7 Å². The molecule has 0 bridgehead atoms. The van der Waals surface area contributed by atoms with E-state index in [1.54, 1.807) is 6.20 Å². The van der Waals surface area contributed by atoms with Gasteiger partial charge in [-0.15, -0.1) is 22.7 Å². The predicted octanol–water partition coefficient (Wildman–Crippen LogP) is 2.35. The van der Waals surface area contributed by atoms with Gasteiger partial charge in [0, 0.05) is 11.1 Å². The summed E-state index contributed by atoms with van der Waals surface area (Å²) in [5, 5.41) is 0.404. The second-order valence-electron chi connectivity index (χ2n) is 3.31. The quantitative estimate of drug-likeness (QED) is 0.917. The van der Waals surface area contributed by atoms with E-state index in [2.05, 4.69) is 21.6 Å². The predicted molar refractivity (Wildman–Crippen MR) is 69.0 cm³/mol. The van der Waals surface area contributed by atoms with E-state index < -0.39 is 10.0 Å². The monoisotopic (exact) mass is 289 g/mol. The Hall–Kier alpha value is -0.990. The van der Waals surface area contributed by atoms with Crippen LogP contribution in [-0.2, 0) is 16.4 Å². The molecule has 2 aromatic heterocycles. The Morgan fingerprint density at radius 3 is 2.88 bits per heavy atom. The summed E-state index contributed by atoms with van der Waals surface area (Å²) in [6.07, 6.45) is 4.97. The lowest BCUT2D eigenvalue weighted by atomic mass is 10.3. The highest BCUT2D eigenvalue weighted by atomic mass is 32.2. The number of hydrogen-bond donors (Lipinski definition) is 1. The molecule has 5 nitrogen and oxygen atoms in total. The highest BCUT2D eigenvalue weighted by Crippen LogP contribution is 2.23. The van der Waals surface area contributed by atoms with Crippen molar-refractivity contribution in [2.45, 2.75) is 24.0 Å². The van der Waals surface area contributed by atoms with Gasteiger partial charge in [0.15, 0.2) is 9.34 Å². The van der Waals surface area contributed by atoms with Gasteiger partial charge in [0.2, 0.25) is 0 Å². The summed E-state index contributed by atoms with van der Waals surface area (Å²) in [6, 6.07) is 0. The van der Waals surface area contributed by atoms with Crippen LogP contribution in [0.25, 0.3) is 0 Å². The number of hydrogen-bond acceptors (Lipinski definition) is 6. The molecular formula is C9H11N3O2S3. The summed E-state index contributed by atoms with van der Waals surface area (Å²) in [5.74, 6) is 0. The van der Waals surface area contributed by atoms with Crippen molar-refractivity contribution in [3.8, 4) is 0 Å². The first-order chi connectivity index (χ1) is 8.12. The lowest BCUT2D eigenvalue weighted by molar-refractivity contribution is 0.603. The van der Waals surface area contributed by atoms with E-state index in [4.69, 9.17) is 0 Å². The first-order valence-corrected chi connectivity index (χ1v) is 8.16. The molecule has 1 N–H and O–H groups in total. The van der Waals surface area contributed by atoms with Gasteiger partial charge in [0.25, 0.3) is 10.0 Å². The van der Waals surface area contributed by atoms with Crippen molar-refractivity contribution in [3.63, 3.8) is 0 Å². The lowest BCUT2D eigenvalue weighted by Crippen LogP contribution is -2.11. The number of anilines is 1. The number of nitrogens with one attached hydrogen (secondary N) is 1. The maximum absolute atomic E-state index is 11.9. The SMILES string of the molecule is CCCc1cnc(NS(=O)(=O)c2cncs2)s1. The van der Waals surface area contributed by atoms with Gasteiger partial charge in [-0.2, -0.15) is 0 Å². The van der Waals surface area contributed by atoms with Gasteiger partial charge in [0.05, 0.1) is 11.7 Å². The van der Waals surface area contributed by atoms with E-state index in [-0.39, 0.29) is 4.21 Å². The molecule has 92 valence electrons. The number of thiazole rings is 2. The van der Waals surface area contributed by atoms with Gasteiger partial charge in [-0.05, 0) is 6.42 Å². The zero-order valence-electron chi connectivity index (χ0n) is 9.08. The van der Waals surface area contributed by atoms with Crippen molar-refractivity contribution >= 4 is 37.8 Å². The van der Waals surface area contributed by atoms with Crippen molar-refractivity contribution in [2.24, 2.45) is 0 Å². The fourth-order valence-corrected chi connectivity index (χ4v) is 4.17. The smallest absolute Gasteiger partial charge is 0.254 e. The maximum Gasteiger partial charge on any atom is 0.274 e. The Morgan fingerprint density at radius 2 is 2.24 bits per heavy atom. The largest absolute Gasteiger partial charge is 0.274 e. The van der Waals surface area contributed by atoms with Crippen molar-refractivity contribution < 1.29 is 8.42 Å². The average molecular weight is 289 g/mol. The van der Waals surface area contributed by atoms with E-state index in [9.17, 15) is 8.42 Å². The number of nitrogens with zero attached hydrogens (tertiary/aromatic N) is 2. The number of rotatable bonds is 5. The van der Waals surface area contributed by atoms with Gasteiger partial charge < -0.3 is 0 Å². The Morgan fingerprint density at radius 1 is 1.41 bits per heavy atom. The van der Waals surface area contributed by atoms with E-state index in [1.165, 1.54) is 23.0 Å². The highest BCUT2D eigenvalue weighted by Gasteiger charge is 2.17. The summed E-state index contributed by atoms with van der Waals surface area (Å²) in [7, 11) is -3.52. The molecule has 0 aromatic carbocycles. The summed E-state index contributed by atoms with van der Waals surface area (Å²) in [5.41, 5.74) is 1.49. The molecule has 0 aliphatic carbocycles. The zero-order valence-corrected chi connectivity index (χ0v) is 11.5. The molecular weight excluding hydrogens is 278 g/mol. The standard InChI is InChI=1S/C9H11N3O2S3/c1-2-3-7-4-11-9(16-7)12-17(13,14)8-5-10-6-15-8/h4-6H,2-3H2,1H3,(H,11,12). The third kappa shape index (κ3) is 3.02. The lowest BCUT2D eigenvalue weighted by Gasteiger charge is -2.00. The van der Waals surface area contributed by atoms with Crippen molar-refractivity contribution in [1.29, 1.82) is 0 Å². The topological polar surface area (TPSA) is 72.0 Å². The van der Waals surface area contributed by atoms with E-state index >= 15 is 0 Å². The van der Waals surface area contributed by atoms with Crippen LogP contribution in [0.3, 0.4) is 0 Å². The van der Waals surface area contributed by atoms with Gasteiger partial charge in [0.1, 0.15) is 0 Å². The molecule has 2 aromatic rings. The van der Waals surface area contributed by atoms with E-state index in [1.807, 2.05) is 0 Å². The van der Waals surface area contributed by atoms with Crippen LogP contribution in [0.5, 0.6) is 0 Å². The van der Waals surface area contributed by atoms with Crippen LogP contribution in [0.15, 0.2) is 22.1 Å². The molecule has 0 saturated heterocycles. The minimum absolute atomic E-state index is 0.199. The van der Waals surface area contributed by atoms with Crippen LogP contribution < -0.4 is 4.72 Å². The fourth-order valence-electron chi connectivity index (χ4n) is 1.22. The molecule has 0 radical (unpaired) electrons. The zero-order chi connectivity index (χ0) is 12.3. The van der Waals surface area contributed by atoms with Crippen LogP contribution in [0.2, 0.25) is 0 Å². The molecule has 0 saturated carbocycles. The first kappa shape index (κ1) is 12.5. The molecule has 8 heteroatoms. The molecule has 2 rings (SSSR count). The molecule has 0 aliphatic heterocycles. The molecule has 0 fully saturated rings. The third-order valence-corrected chi connectivity index (χ3v) is 5.66. The molecule has 2 heterocycles. The summed E-state index contributed by atoms with van der Waals surface area (Å²) >= 11 is 2.45. The maximum atomic E-state index is 11.9. The Balaban J connectivity index is 2.15. The van der Waals surface area contributed by atoms with Crippen LogP contribution in [0.1, 0.15) is 18.2 Å². The Kier molecular flexibility index (Phi) is 3.75. The summed E-state index contributed by atoms with van der Waals surface area (Å²) < 4.78 is 26.4. The number of sulfonamides is 1. The van der Waals surface area contributed by atoms with Crippen molar-refractivity contribution in [3.05, 3.63) is 22.8 Å². The second kappa shape index (κ2) is 5.11. The van der Waals surface area contributed by atoms with Crippen molar-refractivity contribution in [1.82, 2.24) is 9.97 Å². The molecule has 0 aliphatic rings. The van der Waals surface area contributed by atoms with Gasteiger partial charge >= 0.3 is 0 Å². The van der Waals surface area contributed by atoms with Gasteiger partial charge in [-0.1, -0.05) is 13.3 Å². The highest BCUT2D eigenvalue weighted by molar-refractivity contribution is 7.94. The second-order valence-corrected chi connectivity index (χ2v) is 7.22. The van der Waals surface area contributed by atoms with Crippen LogP contribution in [0, 0.1) is 0 Å². The number of aryl methyl sites for hydroxylation is 1. The summed E-state index contributed by atoms with van der Waals surface area (Å²) in [6.45, 7) is 2.07. The number of aromatic nitrogens is 2. The fraction of sp³-hybridized carbons (Fsp3) is 0.333. The molecule has 17 heavy (non-hydrogen) atoms. The average Bonchev–Trinajstić information content (AvgIpc) is 2.88. The summed E-state index contributed by atoms with van der Waals surface area (Å²) in [4.78, 5) is 8.87. The van der Waals surface area contributed by atoms with Crippen LogP contribution in [-0.4, -0.2) is 18.4 Å². The molecule has 0 spiro atoms. The Bertz CT molecular complexity index is 574. The minimum Gasteiger partial charge on any atom is -0.254 e.